The van der Waals surface area contributed by atoms with Crippen molar-refractivity contribution >= 4 is 0 Å². The molecule has 1 heterocycles. The molecule has 0 aliphatic rings. The van der Waals surface area contributed by atoms with Gasteiger partial charge in [-0.3, -0.25) is 0 Å². The molecule has 0 fully saturated rings. The van der Waals surface area contributed by atoms with Crippen LogP contribution in [0.4, 0.5) is 0 Å². The molecular formula is C13H17N3O2. The molecule has 0 amide bonds. The molecule has 2 atom stereocenters. The Morgan fingerprint density at radius 2 is 2.00 bits per heavy atom. The Labute approximate surface area is 106 Å². The quantitative estimate of drug-likeness (QED) is 0.770. The first-order valence-electron chi connectivity index (χ1n) is 5.81. The van der Waals surface area contributed by atoms with Gasteiger partial charge in [0, 0.05) is 11.7 Å². The van der Waals surface area contributed by atoms with Crippen LogP contribution in [0, 0.1) is 6.92 Å². The Balaban J connectivity index is 2.19. The summed E-state index contributed by atoms with van der Waals surface area (Å²) in [5, 5.41) is 9.89. The number of ether oxygens (including phenoxy) is 1. The van der Waals surface area contributed by atoms with Crippen molar-refractivity contribution in [3.63, 3.8) is 0 Å². The monoisotopic (exact) mass is 247 g/mol. The maximum atomic E-state index is 9.89. The van der Waals surface area contributed by atoms with Crippen molar-refractivity contribution in [1.82, 2.24) is 9.97 Å². The minimum absolute atomic E-state index is 0.355. The summed E-state index contributed by atoms with van der Waals surface area (Å²) >= 11 is 0. The number of para-hydroxylation sites is 1. The van der Waals surface area contributed by atoms with E-state index >= 15 is 0 Å². The highest BCUT2D eigenvalue weighted by molar-refractivity contribution is 5.26. The van der Waals surface area contributed by atoms with Crippen LogP contribution in [0.15, 0.2) is 30.3 Å². The molecule has 0 aliphatic carbocycles. The number of aromatic amines is 1. The lowest BCUT2D eigenvalue weighted by atomic mass is 10.1. The van der Waals surface area contributed by atoms with E-state index in [1.807, 2.05) is 37.3 Å². The molecule has 0 spiro atoms. The van der Waals surface area contributed by atoms with Crippen molar-refractivity contribution < 1.29 is 9.84 Å². The smallest absolute Gasteiger partial charge is 0.299 e. The highest BCUT2D eigenvalue weighted by Crippen LogP contribution is 2.23. The summed E-state index contributed by atoms with van der Waals surface area (Å²) in [6.07, 6.45) is -0.797. The summed E-state index contributed by atoms with van der Waals surface area (Å²) in [5.74, 6) is 0.688. The minimum Gasteiger partial charge on any atom is -0.426 e. The van der Waals surface area contributed by atoms with Gasteiger partial charge in [-0.25, -0.2) is 0 Å². The molecule has 5 nitrogen and oxygen atoms in total. The van der Waals surface area contributed by atoms with Gasteiger partial charge in [-0.1, -0.05) is 18.2 Å². The zero-order valence-electron chi connectivity index (χ0n) is 10.4. The molecule has 2 unspecified atom stereocenters. The van der Waals surface area contributed by atoms with E-state index in [1.54, 1.807) is 6.92 Å². The number of imidazole rings is 1. The number of hydrogen-bond donors (Lipinski definition) is 3. The Morgan fingerprint density at radius 1 is 1.33 bits per heavy atom. The van der Waals surface area contributed by atoms with Gasteiger partial charge < -0.3 is 20.6 Å². The van der Waals surface area contributed by atoms with Crippen molar-refractivity contribution in [2.24, 2.45) is 5.73 Å². The average molecular weight is 247 g/mol. The SMILES string of the molecule is Cc1[nH]c(Oc2ccccc2)nc1C(O)C(C)N. The molecule has 0 radical (unpaired) electrons. The van der Waals surface area contributed by atoms with Gasteiger partial charge in [-0.15, -0.1) is 0 Å². The zero-order chi connectivity index (χ0) is 13.1. The molecule has 0 saturated carbocycles. The molecule has 4 N–H and O–H groups in total. The number of rotatable bonds is 4. The van der Waals surface area contributed by atoms with E-state index in [1.165, 1.54) is 0 Å². The van der Waals surface area contributed by atoms with Gasteiger partial charge in [0.1, 0.15) is 11.9 Å². The molecule has 0 saturated heterocycles. The molecule has 2 rings (SSSR count). The second-order valence-electron chi connectivity index (χ2n) is 4.27. The van der Waals surface area contributed by atoms with Crippen molar-refractivity contribution in [2.45, 2.75) is 26.0 Å². The number of aliphatic hydroxyl groups is 1. The van der Waals surface area contributed by atoms with Crippen LogP contribution in [0.5, 0.6) is 11.8 Å². The number of nitrogens with two attached hydrogens (primary N) is 1. The Kier molecular flexibility index (Phi) is 3.64. The lowest BCUT2D eigenvalue weighted by Gasteiger charge is -2.12. The number of H-pyrrole nitrogens is 1. The lowest BCUT2D eigenvalue weighted by Crippen LogP contribution is -2.25. The summed E-state index contributed by atoms with van der Waals surface area (Å²) < 4.78 is 5.55. The number of aliphatic hydroxyl groups excluding tert-OH is 1. The topological polar surface area (TPSA) is 84.2 Å². The van der Waals surface area contributed by atoms with Gasteiger partial charge in [0.05, 0.1) is 5.69 Å². The van der Waals surface area contributed by atoms with Gasteiger partial charge in [-0.05, 0) is 26.0 Å². The van der Waals surface area contributed by atoms with E-state index in [0.717, 1.165) is 5.69 Å². The lowest BCUT2D eigenvalue weighted by molar-refractivity contribution is 0.148. The van der Waals surface area contributed by atoms with E-state index in [4.69, 9.17) is 10.5 Å². The average Bonchev–Trinajstić information content (AvgIpc) is 2.70. The van der Waals surface area contributed by atoms with Crippen LogP contribution >= 0.6 is 0 Å². The van der Waals surface area contributed by atoms with E-state index in [2.05, 4.69) is 9.97 Å². The fraction of sp³-hybridized carbons (Fsp3) is 0.308. The minimum atomic E-state index is -0.797. The van der Waals surface area contributed by atoms with E-state index < -0.39 is 6.10 Å². The number of aryl methyl sites for hydroxylation is 1. The van der Waals surface area contributed by atoms with Gasteiger partial charge in [0.25, 0.3) is 6.01 Å². The van der Waals surface area contributed by atoms with Crippen LogP contribution in [-0.4, -0.2) is 21.1 Å². The summed E-state index contributed by atoms with van der Waals surface area (Å²) in [7, 11) is 0. The fourth-order valence-electron chi connectivity index (χ4n) is 1.63. The first-order chi connectivity index (χ1) is 8.58. The highest BCUT2D eigenvalue weighted by atomic mass is 16.5. The first-order valence-corrected chi connectivity index (χ1v) is 5.81. The number of nitrogens with one attached hydrogen (secondary N) is 1. The van der Waals surface area contributed by atoms with Crippen LogP contribution in [0.25, 0.3) is 0 Å². The molecule has 96 valence electrons. The first kappa shape index (κ1) is 12.6. The maximum Gasteiger partial charge on any atom is 0.299 e. The molecule has 18 heavy (non-hydrogen) atoms. The second kappa shape index (κ2) is 5.20. The number of hydrogen-bond acceptors (Lipinski definition) is 4. The summed E-state index contributed by atoms with van der Waals surface area (Å²) in [6, 6.07) is 9.31. The highest BCUT2D eigenvalue weighted by Gasteiger charge is 2.19. The van der Waals surface area contributed by atoms with Crippen LogP contribution < -0.4 is 10.5 Å². The third-order valence-electron chi connectivity index (χ3n) is 2.64. The van der Waals surface area contributed by atoms with Gasteiger partial charge in [-0.2, -0.15) is 4.98 Å². The third kappa shape index (κ3) is 2.69. The standard InChI is InChI=1S/C13H17N3O2/c1-8(14)12(17)11-9(2)15-13(16-11)18-10-6-4-3-5-7-10/h3-8,12,17H,14H2,1-2H3,(H,15,16). The molecule has 5 heteroatoms. The zero-order valence-corrected chi connectivity index (χ0v) is 10.4. The molecule has 2 aromatic rings. The van der Waals surface area contributed by atoms with Gasteiger partial charge in [0.2, 0.25) is 0 Å². The normalized spacial score (nSPS) is 14.2. The van der Waals surface area contributed by atoms with E-state index in [9.17, 15) is 5.11 Å². The predicted octanol–water partition coefficient (Wildman–Crippen LogP) is 1.89. The molecule has 1 aromatic heterocycles. The van der Waals surface area contributed by atoms with Gasteiger partial charge in [0.15, 0.2) is 0 Å². The van der Waals surface area contributed by atoms with Crippen molar-refractivity contribution in [3.8, 4) is 11.8 Å². The summed E-state index contributed by atoms with van der Waals surface area (Å²) in [5.41, 5.74) is 6.93. The number of nitrogens with zero attached hydrogens (tertiary/aromatic N) is 1. The summed E-state index contributed by atoms with van der Waals surface area (Å²) in [6.45, 7) is 3.56. The van der Waals surface area contributed by atoms with E-state index in [0.29, 0.717) is 17.5 Å². The molecular weight excluding hydrogens is 230 g/mol. The number of aromatic nitrogens is 2. The van der Waals surface area contributed by atoms with Crippen molar-refractivity contribution in [3.05, 3.63) is 41.7 Å². The Bertz CT molecular complexity index is 508. The van der Waals surface area contributed by atoms with E-state index in [-0.39, 0.29) is 6.04 Å². The largest absolute Gasteiger partial charge is 0.426 e. The maximum absolute atomic E-state index is 9.89. The number of benzene rings is 1. The van der Waals surface area contributed by atoms with Gasteiger partial charge >= 0.3 is 0 Å². The van der Waals surface area contributed by atoms with Crippen molar-refractivity contribution in [1.29, 1.82) is 0 Å². The van der Waals surface area contributed by atoms with Crippen LogP contribution in [-0.2, 0) is 0 Å². The third-order valence-corrected chi connectivity index (χ3v) is 2.64. The second-order valence-corrected chi connectivity index (χ2v) is 4.27. The molecule has 1 aromatic carbocycles. The van der Waals surface area contributed by atoms with Crippen LogP contribution in [0.1, 0.15) is 24.4 Å². The van der Waals surface area contributed by atoms with Crippen LogP contribution in [0.3, 0.4) is 0 Å². The Morgan fingerprint density at radius 3 is 2.61 bits per heavy atom. The van der Waals surface area contributed by atoms with Crippen LogP contribution in [0.2, 0.25) is 0 Å². The molecule has 0 aliphatic heterocycles. The Hall–Kier alpha value is -1.85. The van der Waals surface area contributed by atoms with Crippen molar-refractivity contribution in [2.75, 3.05) is 0 Å². The predicted molar refractivity (Wildman–Crippen MR) is 68.4 cm³/mol. The summed E-state index contributed by atoms with van der Waals surface area (Å²) in [4.78, 5) is 7.20. The fourth-order valence-corrected chi connectivity index (χ4v) is 1.63. The molecule has 0 bridgehead atoms.